The highest BCUT2D eigenvalue weighted by Gasteiger charge is 2.20. The summed E-state index contributed by atoms with van der Waals surface area (Å²) in [5.41, 5.74) is 1.21. The highest BCUT2D eigenvalue weighted by molar-refractivity contribution is 5.72. The molecule has 16 heavy (non-hydrogen) atoms. The van der Waals surface area contributed by atoms with Crippen molar-refractivity contribution in [2.45, 2.75) is 44.9 Å². The van der Waals surface area contributed by atoms with Crippen molar-refractivity contribution >= 4 is 5.97 Å². The lowest BCUT2D eigenvalue weighted by Gasteiger charge is -2.14. The molecular weight excluding hydrogens is 200 g/mol. The minimum Gasteiger partial charge on any atom is -0.426 e. The van der Waals surface area contributed by atoms with E-state index in [0.717, 1.165) is 5.75 Å². The maximum absolute atomic E-state index is 11.3. The molecule has 1 aromatic carbocycles. The SMILES string of the molecule is CCC(=O)Oc1ccccc1C1CCCC1. The van der Waals surface area contributed by atoms with Crippen molar-refractivity contribution in [2.24, 2.45) is 0 Å². The average molecular weight is 218 g/mol. The second-order valence-corrected chi connectivity index (χ2v) is 4.35. The van der Waals surface area contributed by atoms with Gasteiger partial charge >= 0.3 is 5.97 Å². The van der Waals surface area contributed by atoms with Crippen LogP contribution in [0.2, 0.25) is 0 Å². The summed E-state index contributed by atoms with van der Waals surface area (Å²) in [4.78, 5) is 11.3. The molecule has 0 heterocycles. The number of carbonyl (C=O) groups excluding carboxylic acids is 1. The molecule has 2 rings (SSSR count). The lowest BCUT2D eigenvalue weighted by molar-refractivity contribution is -0.134. The molecule has 0 radical (unpaired) electrons. The summed E-state index contributed by atoms with van der Waals surface area (Å²) < 4.78 is 5.37. The first-order valence-corrected chi connectivity index (χ1v) is 6.11. The Bertz CT molecular complexity index is 365. The third kappa shape index (κ3) is 2.43. The standard InChI is InChI=1S/C14H18O2/c1-2-14(15)16-13-10-6-5-9-12(13)11-7-3-4-8-11/h5-6,9-11H,2-4,7-8H2,1H3. The highest BCUT2D eigenvalue weighted by Crippen LogP contribution is 2.38. The summed E-state index contributed by atoms with van der Waals surface area (Å²) in [6.45, 7) is 1.82. The smallest absolute Gasteiger partial charge is 0.310 e. The predicted octanol–water partition coefficient (Wildman–Crippen LogP) is 3.66. The second-order valence-electron chi connectivity index (χ2n) is 4.35. The number of benzene rings is 1. The van der Waals surface area contributed by atoms with Gasteiger partial charge in [-0.1, -0.05) is 38.0 Å². The van der Waals surface area contributed by atoms with E-state index in [1.54, 1.807) is 0 Å². The molecule has 2 heteroatoms. The molecule has 1 aliphatic rings. The monoisotopic (exact) mass is 218 g/mol. The molecule has 0 aliphatic heterocycles. The fourth-order valence-electron chi connectivity index (χ4n) is 2.34. The third-order valence-electron chi connectivity index (χ3n) is 3.23. The number of rotatable bonds is 3. The quantitative estimate of drug-likeness (QED) is 0.571. The van der Waals surface area contributed by atoms with Crippen LogP contribution in [0.5, 0.6) is 5.75 Å². The van der Waals surface area contributed by atoms with Crippen LogP contribution in [-0.4, -0.2) is 5.97 Å². The Kier molecular flexibility index (Phi) is 3.60. The molecule has 0 N–H and O–H groups in total. The summed E-state index contributed by atoms with van der Waals surface area (Å²) in [5, 5.41) is 0. The van der Waals surface area contributed by atoms with Gasteiger partial charge in [-0.25, -0.2) is 0 Å². The number of hydrogen-bond acceptors (Lipinski definition) is 2. The molecule has 2 nitrogen and oxygen atoms in total. The molecular formula is C14H18O2. The van der Waals surface area contributed by atoms with Crippen LogP contribution in [0.1, 0.15) is 50.5 Å². The molecule has 0 unspecified atom stereocenters. The molecule has 0 amide bonds. The number of ether oxygens (including phenoxy) is 1. The first-order valence-electron chi connectivity index (χ1n) is 6.11. The fourth-order valence-corrected chi connectivity index (χ4v) is 2.34. The van der Waals surface area contributed by atoms with Gasteiger partial charge in [-0.15, -0.1) is 0 Å². The first kappa shape index (κ1) is 11.2. The summed E-state index contributed by atoms with van der Waals surface area (Å²) in [5.74, 6) is 1.20. The molecule has 1 fully saturated rings. The van der Waals surface area contributed by atoms with Crippen LogP contribution in [0.25, 0.3) is 0 Å². The van der Waals surface area contributed by atoms with E-state index in [1.807, 2.05) is 25.1 Å². The van der Waals surface area contributed by atoms with Crippen LogP contribution < -0.4 is 4.74 Å². The Morgan fingerprint density at radius 1 is 1.31 bits per heavy atom. The van der Waals surface area contributed by atoms with Gasteiger partial charge in [0.25, 0.3) is 0 Å². The Morgan fingerprint density at radius 3 is 2.69 bits per heavy atom. The van der Waals surface area contributed by atoms with Crippen LogP contribution in [0, 0.1) is 0 Å². The zero-order valence-electron chi connectivity index (χ0n) is 9.74. The fraction of sp³-hybridized carbons (Fsp3) is 0.500. The van der Waals surface area contributed by atoms with E-state index >= 15 is 0 Å². The maximum Gasteiger partial charge on any atom is 0.310 e. The first-order chi connectivity index (χ1) is 7.81. The summed E-state index contributed by atoms with van der Waals surface area (Å²) >= 11 is 0. The molecule has 0 saturated heterocycles. The van der Waals surface area contributed by atoms with Gasteiger partial charge in [-0.2, -0.15) is 0 Å². The number of para-hydroxylation sites is 1. The molecule has 1 aliphatic carbocycles. The van der Waals surface area contributed by atoms with E-state index < -0.39 is 0 Å². The molecule has 1 aromatic rings. The Hall–Kier alpha value is -1.31. The van der Waals surface area contributed by atoms with Gasteiger partial charge in [0.15, 0.2) is 0 Å². The van der Waals surface area contributed by atoms with E-state index in [-0.39, 0.29) is 5.97 Å². The molecule has 86 valence electrons. The van der Waals surface area contributed by atoms with Gasteiger partial charge in [0, 0.05) is 6.42 Å². The lowest BCUT2D eigenvalue weighted by Crippen LogP contribution is -2.08. The summed E-state index contributed by atoms with van der Waals surface area (Å²) in [6.07, 6.45) is 5.46. The maximum atomic E-state index is 11.3. The molecule has 0 atom stereocenters. The van der Waals surface area contributed by atoms with Gasteiger partial charge in [0.05, 0.1) is 0 Å². The van der Waals surface area contributed by atoms with Crippen molar-refractivity contribution in [1.29, 1.82) is 0 Å². The van der Waals surface area contributed by atoms with Crippen LogP contribution in [0.4, 0.5) is 0 Å². The average Bonchev–Trinajstić information content (AvgIpc) is 2.83. The van der Waals surface area contributed by atoms with Crippen molar-refractivity contribution < 1.29 is 9.53 Å². The molecule has 0 bridgehead atoms. The van der Waals surface area contributed by atoms with Gasteiger partial charge in [0.1, 0.15) is 5.75 Å². The van der Waals surface area contributed by atoms with E-state index in [9.17, 15) is 4.79 Å². The number of hydrogen-bond donors (Lipinski definition) is 0. The van der Waals surface area contributed by atoms with Crippen molar-refractivity contribution in [1.82, 2.24) is 0 Å². The normalized spacial score (nSPS) is 16.3. The Morgan fingerprint density at radius 2 is 2.00 bits per heavy atom. The van der Waals surface area contributed by atoms with Crippen LogP contribution in [0.3, 0.4) is 0 Å². The summed E-state index contributed by atoms with van der Waals surface area (Å²) in [6, 6.07) is 7.95. The largest absolute Gasteiger partial charge is 0.426 e. The number of esters is 1. The zero-order valence-corrected chi connectivity index (χ0v) is 9.74. The molecule has 1 saturated carbocycles. The van der Waals surface area contributed by atoms with Crippen LogP contribution in [-0.2, 0) is 4.79 Å². The lowest BCUT2D eigenvalue weighted by atomic mass is 9.97. The highest BCUT2D eigenvalue weighted by atomic mass is 16.5. The Labute approximate surface area is 96.6 Å². The van der Waals surface area contributed by atoms with Crippen molar-refractivity contribution in [3.05, 3.63) is 29.8 Å². The van der Waals surface area contributed by atoms with Crippen molar-refractivity contribution in [3.8, 4) is 5.75 Å². The minimum absolute atomic E-state index is 0.148. The van der Waals surface area contributed by atoms with Gasteiger partial charge < -0.3 is 4.74 Å². The number of carbonyl (C=O) groups is 1. The van der Waals surface area contributed by atoms with Gasteiger partial charge in [-0.05, 0) is 30.4 Å². The van der Waals surface area contributed by atoms with E-state index in [1.165, 1.54) is 31.2 Å². The van der Waals surface area contributed by atoms with Crippen LogP contribution >= 0.6 is 0 Å². The Balaban J connectivity index is 2.19. The van der Waals surface area contributed by atoms with E-state index in [0.29, 0.717) is 12.3 Å². The molecule has 0 spiro atoms. The van der Waals surface area contributed by atoms with Gasteiger partial charge in [-0.3, -0.25) is 4.79 Å². The predicted molar refractivity (Wildman–Crippen MR) is 63.6 cm³/mol. The van der Waals surface area contributed by atoms with E-state index in [4.69, 9.17) is 4.74 Å². The van der Waals surface area contributed by atoms with Crippen LogP contribution in [0.15, 0.2) is 24.3 Å². The summed E-state index contributed by atoms with van der Waals surface area (Å²) in [7, 11) is 0. The topological polar surface area (TPSA) is 26.3 Å². The van der Waals surface area contributed by atoms with E-state index in [2.05, 4.69) is 6.07 Å². The van der Waals surface area contributed by atoms with Crippen molar-refractivity contribution in [3.63, 3.8) is 0 Å². The van der Waals surface area contributed by atoms with Crippen molar-refractivity contribution in [2.75, 3.05) is 0 Å². The van der Waals surface area contributed by atoms with Gasteiger partial charge in [0.2, 0.25) is 0 Å². The third-order valence-corrected chi connectivity index (χ3v) is 3.23. The minimum atomic E-state index is -0.148. The molecule has 0 aromatic heterocycles. The zero-order chi connectivity index (χ0) is 11.4. The second kappa shape index (κ2) is 5.15.